The van der Waals surface area contributed by atoms with Gasteiger partial charge in [-0.25, -0.2) is 21.8 Å². The number of aromatic nitrogens is 2. The van der Waals surface area contributed by atoms with Gasteiger partial charge in [0, 0.05) is 0 Å². The Morgan fingerprint density at radius 3 is 2.60 bits per heavy atom. The van der Waals surface area contributed by atoms with Crippen molar-refractivity contribution in [2.24, 2.45) is 0 Å². The number of unbranched alkanes of at least 4 members (excludes halogenated alkanes) is 1. The van der Waals surface area contributed by atoms with Crippen molar-refractivity contribution in [3.63, 3.8) is 0 Å². The smallest absolute Gasteiger partial charge is 0.244 e. The third-order valence-electron chi connectivity index (χ3n) is 4.89. The van der Waals surface area contributed by atoms with E-state index in [0.29, 0.717) is 23.0 Å². The molecule has 0 aliphatic rings. The Hall–Kier alpha value is -2.68. The van der Waals surface area contributed by atoms with E-state index >= 15 is 0 Å². The summed E-state index contributed by atoms with van der Waals surface area (Å²) in [4.78, 5) is 4.15. The molecule has 0 saturated heterocycles. The Kier molecular flexibility index (Phi) is 6.30. The van der Waals surface area contributed by atoms with Crippen LogP contribution in [-0.2, 0) is 10.0 Å². The van der Waals surface area contributed by atoms with Crippen LogP contribution in [0.25, 0.3) is 11.0 Å². The molecule has 0 aliphatic heterocycles. The van der Waals surface area contributed by atoms with Crippen molar-refractivity contribution in [2.45, 2.75) is 51.4 Å². The van der Waals surface area contributed by atoms with E-state index in [1.54, 1.807) is 32.0 Å². The predicted molar refractivity (Wildman–Crippen MR) is 113 cm³/mol. The maximum absolute atomic E-state index is 14.2. The van der Waals surface area contributed by atoms with Crippen LogP contribution in [0.4, 0.5) is 14.7 Å². The molecule has 0 spiro atoms. The first-order valence-electron chi connectivity index (χ1n) is 9.79. The van der Waals surface area contributed by atoms with E-state index in [2.05, 4.69) is 4.98 Å². The number of hydrogen-bond donors (Lipinski definition) is 1. The quantitative estimate of drug-likeness (QED) is 0.547. The topological polar surface area (TPSA) is 87.2 Å². The van der Waals surface area contributed by atoms with E-state index in [-0.39, 0.29) is 11.7 Å². The minimum atomic E-state index is -3.74. The fourth-order valence-corrected chi connectivity index (χ4v) is 4.32. The van der Waals surface area contributed by atoms with Gasteiger partial charge in [0.2, 0.25) is 21.8 Å². The number of fused-ring (bicyclic) bond motifs is 1. The predicted octanol–water partition coefficient (Wildman–Crippen LogP) is 4.79. The highest BCUT2D eigenvalue weighted by atomic mass is 32.2. The summed E-state index contributed by atoms with van der Waals surface area (Å²) in [5.41, 5.74) is 7.26. The summed E-state index contributed by atoms with van der Waals surface area (Å²) in [6.07, 6.45) is 1.60. The first-order valence-corrected chi connectivity index (χ1v) is 11.3. The van der Waals surface area contributed by atoms with Crippen LogP contribution in [0.5, 0.6) is 5.75 Å². The third-order valence-corrected chi connectivity index (χ3v) is 6.97. The van der Waals surface area contributed by atoms with Gasteiger partial charge in [0.25, 0.3) is 0 Å². The first kappa shape index (κ1) is 22.0. The van der Waals surface area contributed by atoms with Gasteiger partial charge >= 0.3 is 0 Å². The number of benzene rings is 2. The summed E-state index contributed by atoms with van der Waals surface area (Å²) in [5.74, 6) is -2.38. The molecule has 0 fully saturated rings. The summed E-state index contributed by atoms with van der Waals surface area (Å²) in [5, 5.41) is -0.700. The van der Waals surface area contributed by atoms with Gasteiger partial charge in [-0.15, -0.1) is 0 Å². The minimum Gasteiger partial charge on any atom is -0.483 e. The molecular formula is C21H25F2N3O3S. The molecule has 1 unspecified atom stereocenters. The van der Waals surface area contributed by atoms with Gasteiger partial charge in [0.1, 0.15) is 6.10 Å². The Morgan fingerprint density at radius 2 is 1.93 bits per heavy atom. The summed E-state index contributed by atoms with van der Waals surface area (Å²) < 4.78 is 60.2. The molecule has 30 heavy (non-hydrogen) atoms. The lowest BCUT2D eigenvalue weighted by atomic mass is 10.0. The molecule has 1 heterocycles. The van der Waals surface area contributed by atoms with E-state index in [1.807, 2.05) is 6.92 Å². The number of imidazole rings is 1. The maximum atomic E-state index is 14.2. The second kappa shape index (κ2) is 8.59. The Morgan fingerprint density at radius 1 is 1.20 bits per heavy atom. The maximum Gasteiger partial charge on any atom is 0.244 e. The highest BCUT2D eigenvalue weighted by Crippen LogP contribution is 2.32. The summed E-state index contributed by atoms with van der Waals surface area (Å²) in [6, 6.07) is 8.78. The number of nitrogens with two attached hydrogens (primary N) is 1. The zero-order chi connectivity index (χ0) is 22.1. The van der Waals surface area contributed by atoms with Crippen LogP contribution in [0.15, 0.2) is 36.4 Å². The molecule has 3 aromatic rings. The van der Waals surface area contributed by atoms with Gasteiger partial charge < -0.3 is 10.5 Å². The lowest BCUT2D eigenvalue weighted by Crippen LogP contribution is -2.23. The van der Waals surface area contributed by atoms with Crippen LogP contribution in [0.2, 0.25) is 0 Å². The molecule has 1 atom stereocenters. The van der Waals surface area contributed by atoms with Gasteiger partial charge in [0.15, 0.2) is 11.6 Å². The molecule has 2 aromatic carbocycles. The molecule has 0 amide bonds. The van der Waals surface area contributed by atoms with E-state index in [1.165, 1.54) is 12.1 Å². The highest BCUT2D eigenvalue weighted by molar-refractivity contribution is 7.90. The van der Waals surface area contributed by atoms with Gasteiger partial charge in [-0.1, -0.05) is 25.5 Å². The summed E-state index contributed by atoms with van der Waals surface area (Å²) >= 11 is 0. The van der Waals surface area contributed by atoms with Crippen LogP contribution in [0.3, 0.4) is 0 Å². The van der Waals surface area contributed by atoms with Gasteiger partial charge in [-0.2, -0.15) is 4.39 Å². The Labute approximate surface area is 174 Å². The van der Waals surface area contributed by atoms with Crippen LogP contribution in [0, 0.1) is 11.6 Å². The second-order valence-corrected chi connectivity index (χ2v) is 9.71. The molecular weight excluding hydrogens is 412 g/mol. The summed E-state index contributed by atoms with van der Waals surface area (Å²) in [7, 11) is -3.74. The molecule has 0 bridgehead atoms. The number of nitrogen functional groups attached to an aromatic ring is 1. The molecule has 1 aromatic heterocycles. The van der Waals surface area contributed by atoms with Crippen molar-refractivity contribution in [3.8, 4) is 5.75 Å². The molecule has 3 rings (SSSR count). The lowest BCUT2D eigenvalue weighted by molar-refractivity contribution is 0.181. The normalized spacial score (nSPS) is 13.1. The molecule has 0 radical (unpaired) electrons. The lowest BCUT2D eigenvalue weighted by Gasteiger charge is -2.20. The molecule has 9 heteroatoms. The standard InChI is InChI=1S/C21H25F2N3O3S/c1-4-5-8-18(29-19-9-6-7-15(22)20(19)23)14-10-11-16-17(12-14)26(21(24)25-16)30(27,28)13(2)3/h6-7,9-13,18H,4-5,8H2,1-3H3,(H2,24,25). The number of nitrogens with zero attached hydrogens (tertiary/aromatic N) is 2. The van der Waals surface area contributed by atoms with E-state index in [0.717, 1.165) is 22.9 Å². The van der Waals surface area contributed by atoms with Crippen molar-refractivity contribution in [3.05, 3.63) is 53.6 Å². The first-order chi connectivity index (χ1) is 14.2. The number of rotatable bonds is 8. The van der Waals surface area contributed by atoms with Crippen molar-refractivity contribution in [2.75, 3.05) is 5.73 Å². The van der Waals surface area contributed by atoms with Crippen LogP contribution >= 0.6 is 0 Å². The number of ether oxygens (including phenoxy) is 1. The fraction of sp³-hybridized carbons (Fsp3) is 0.381. The van der Waals surface area contributed by atoms with Crippen LogP contribution in [-0.4, -0.2) is 22.6 Å². The fourth-order valence-electron chi connectivity index (χ4n) is 3.18. The Balaban J connectivity index is 2.10. The van der Waals surface area contributed by atoms with Crippen molar-refractivity contribution >= 4 is 27.0 Å². The SMILES string of the molecule is CCCCC(Oc1cccc(F)c1F)c1ccc2nc(N)n(S(=O)(=O)C(C)C)c2c1. The molecule has 0 saturated carbocycles. The van der Waals surface area contributed by atoms with Crippen molar-refractivity contribution in [1.29, 1.82) is 0 Å². The van der Waals surface area contributed by atoms with Crippen molar-refractivity contribution in [1.82, 2.24) is 8.96 Å². The molecule has 6 nitrogen and oxygen atoms in total. The van der Waals surface area contributed by atoms with Gasteiger partial charge in [-0.3, -0.25) is 0 Å². The molecule has 2 N–H and O–H groups in total. The average molecular weight is 438 g/mol. The summed E-state index contributed by atoms with van der Waals surface area (Å²) in [6.45, 7) is 5.13. The van der Waals surface area contributed by atoms with Gasteiger partial charge in [0.05, 0.1) is 16.3 Å². The number of anilines is 1. The monoisotopic (exact) mass is 437 g/mol. The Bertz CT molecular complexity index is 1160. The molecule has 0 aliphatic carbocycles. The van der Waals surface area contributed by atoms with Crippen LogP contribution < -0.4 is 10.5 Å². The second-order valence-electron chi connectivity index (χ2n) is 7.38. The zero-order valence-electron chi connectivity index (χ0n) is 17.1. The van der Waals surface area contributed by atoms with E-state index in [9.17, 15) is 17.2 Å². The third kappa shape index (κ3) is 4.12. The largest absolute Gasteiger partial charge is 0.483 e. The minimum absolute atomic E-state index is 0.127. The van der Waals surface area contributed by atoms with Crippen molar-refractivity contribution < 1.29 is 21.9 Å². The zero-order valence-corrected chi connectivity index (χ0v) is 17.9. The number of halogens is 2. The van der Waals surface area contributed by atoms with Crippen LogP contribution in [0.1, 0.15) is 51.7 Å². The number of hydrogen-bond acceptors (Lipinski definition) is 5. The van der Waals surface area contributed by atoms with Gasteiger partial charge in [-0.05, 0) is 56.5 Å². The highest BCUT2D eigenvalue weighted by Gasteiger charge is 2.26. The van der Waals surface area contributed by atoms with E-state index in [4.69, 9.17) is 10.5 Å². The molecule has 162 valence electrons. The van der Waals surface area contributed by atoms with E-state index < -0.39 is 33.0 Å². The average Bonchev–Trinajstić information content (AvgIpc) is 3.03.